The van der Waals surface area contributed by atoms with Gasteiger partial charge in [0.2, 0.25) is 0 Å². The monoisotopic (exact) mass is 293 g/mol. The molecule has 116 valence electrons. The molecule has 1 saturated carbocycles. The van der Waals surface area contributed by atoms with Crippen LogP contribution in [0.4, 0.5) is 4.39 Å². The summed E-state index contributed by atoms with van der Waals surface area (Å²) in [6, 6.07) is 4.34. The second-order valence-corrected chi connectivity index (χ2v) is 5.81. The first-order valence-electron chi connectivity index (χ1n) is 7.71. The molecule has 1 aromatic rings. The molecule has 0 aliphatic heterocycles. The number of halogens is 1. The largest absolute Gasteiger partial charge is 0.468 e. The van der Waals surface area contributed by atoms with Gasteiger partial charge in [-0.2, -0.15) is 0 Å². The van der Waals surface area contributed by atoms with Crippen LogP contribution < -0.4 is 5.32 Å². The number of carbonyl (C=O) groups excluding carboxylic acids is 1. The van der Waals surface area contributed by atoms with Gasteiger partial charge in [0.1, 0.15) is 11.9 Å². The van der Waals surface area contributed by atoms with Crippen molar-refractivity contribution in [1.29, 1.82) is 0 Å². The molecule has 1 aromatic carbocycles. The molecule has 0 amide bonds. The fourth-order valence-corrected chi connectivity index (χ4v) is 3.05. The number of aryl methyl sites for hydroxylation is 1. The first kappa shape index (κ1) is 16.0. The number of carbonyl (C=O) groups is 1. The molecule has 1 aliphatic rings. The SMILES string of the molecule is COC(=O)C(NC1CCCCCC1)c1ccc(F)cc1C. The first-order chi connectivity index (χ1) is 10.1. The zero-order chi connectivity index (χ0) is 15.2. The number of esters is 1. The van der Waals surface area contributed by atoms with Gasteiger partial charge in [-0.05, 0) is 43.0 Å². The summed E-state index contributed by atoms with van der Waals surface area (Å²) in [5.74, 6) is -0.594. The zero-order valence-corrected chi connectivity index (χ0v) is 12.8. The van der Waals surface area contributed by atoms with E-state index in [0.717, 1.165) is 24.0 Å². The van der Waals surface area contributed by atoms with Gasteiger partial charge in [-0.1, -0.05) is 31.7 Å². The molecule has 1 aliphatic carbocycles. The number of rotatable bonds is 4. The third-order valence-corrected chi connectivity index (χ3v) is 4.24. The Bertz CT molecular complexity index is 482. The normalized spacial score (nSPS) is 18.0. The summed E-state index contributed by atoms with van der Waals surface area (Å²) in [4.78, 5) is 12.1. The van der Waals surface area contributed by atoms with Crippen LogP contribution in [0.5, 0.6) is 0 Å². The van der Waals surface area contributed by atoms with E-state index in [-0.39, 0.29) is 11.8 Å². The fourth-order valence-electron chi connectivity index (χ4n) is 3.05. The van der Waals surface area contributed by atoms with Gasteiger partial charge in [0, 0.05) is 6.04 Å². The summed E-state index contributed by atoms with van der Waals surface area (Å²) >= 11 is 0. The lowest BCUT2D eigenvalue weighted by Gasteiger charge is -2.24. The van der Waals surface area contributed by atoms with Gasteiger partial charge in [-0.3, -0.25) is 5.32 Å². The highest BCUT2D eigenvalue weighted by molar-refractivity contribution is 5.78. The Kier molecular flexibility index (Phi) is 5.74. The summed E-state index contributed by atoms with van der Waals surface area (Å²) in [7, 11) is 1.39. The van der Waals surface area contributed by atoms with E-state index in [4.69, 9.17) is 4.74 Å². The van der Waals surface area contributed by atoms with E-state index in [1.165, 1.54) is 44.9 Å². The molecule has 1 atom stereocenters. The lowest BCUT2D eigenvalue weighted by molar-refractivity contribution is -0.143. The standard InChI is InChI=1S/C17H24FNO2/c1-12-11-13(18)9-10-15(12)16(17(20)21-2)19-14-7-5-3-4-6-8-14/h9-11,14,16,19H,3-8H2,1-2H3. The molecule has 1 fully saturated rings. The van der Waals surface area contributed by atoms with Crippen molar-refractivity contribution in [3.05, 3.63) is 35.1 Å². The van der Waals surface area contributed by atoms with E-state index in [2.05, 4.69) is 5.32 Å². The van der Waals surface area contributed by atoms with E-state index >= 15 is 0 Å². The minimum atomic E-state index is -0.515. The molecule has 0 aromatic heterocycles. The number of benzene rings is 1. The topological polar surface area (TPSA) is 38.3 Å². The molecule has 0 radical (unpaired) electrons. The van der Waals surface area contributed by atoms with Crippen LogP contribution >= 0.6 is 0 Å². The molecule has 2 rings (SSSR count). The highest BCUT2D eigenvalue weighted by Gasteiger charge is 2.26. The Morgan fingerprint density at radius 3 is 2.52 bits per heavy atom. The van der Waals surface area contributed by atoms with Crippen LogP contribution in [0.1, 0.15) is 55.7 Å². The smallest absolute Gasteiger partial charge is 0.327 e. The van der Waals surface area contributed by atoms with Crippen molar-refractivity contribution in [2.45, 2.75) is 57.5 Å². The molecular formula is C17H24FNO2. The highest BCUT2D eigenvalue weighted by Crippen LogP contribution is 2.24. The molecule has 0 spiro atoms. The van der Waals surface area contributed by atoms with Gasteiger partial charge in [0.05, 0.1) is 7.11 Å². The van der Waals surface area contributed by atoms with Crippen LogP contribution in [0.15, 0.2) is 18.2 Å². The van der Waals surface area contributed by atoms with Crippen molar-refractivity contribution in [3.63, 3.8) is 0 Å². The lowest BCUT2D eigenvalue weighted by Crippen LogP contribution is -2.37. The third-order valence-electron chi connectivity index (χ3n) is 4.24. The predicted octanol–water partition coefficient (Wildman–Crippen LogP) is 3.66. The maximum absolute atomic E-state index is 13.3. The second kappa shape index (κ2) is 7.55. The summed E-state index contributed by atoms with van der Waals surface area (Å²) in [5, 5.41) is 3.43. The van der Waals surface area contributed by atoms with Crippen molar-refractivity contribution in [1.82, 2.24) is 5.32 Å². The number of methoxy groups -OCH3 is 1. The van der Waals surface area contributed by atoms with Crippen LogP contribution in [0.3, 0.4) is 0 Å². The fraction of sp³-hybridized carbons (Fsp3) is 0.588. The van der Waals surface area contributed by atoms with Crippen molar-refractivity contribution in [2.75, 3.05) is 7.11 Å². The van der Waals surface area contributed by atoms with Crippen LogP contribution in [0.2, 0.25) is 0 Å². The summed E-state index contributed by atoms with van der Waals surface area (Å²) < 4.78 is 18.2. The van der Waals surface area contributed by atoms with Crippen LogP contribution in [-0.4, -0.2) is 19.1 Å². The number of hydrogen-bond donors (Lipinski definition) is 1. The maximum Gasteiger partial charge on any atom is 0.327 e. The zero-order valence-electron chi connectivity index (χ0n) is 12.8. The van der Waals surface area contributed by atoms with Gasteiger partial charge >= 0.3 is 5.97 Å². The van der Waals surface area contributed by atoms with E-state index in [1.807, 2.05) is 6.92 Å². The average molecular weight is 293 g/mol. The van der Waals surface area contributed by atoms with Gasteiger partial charge in [-0.25, -0.2) is 9.18 Å². The molecule has 4 heteroatoms. The minimum absolute atomic E-state index is 0.283. The highest BCUT2D eigenvalue weighted by atomic mass is 19.1. The van der Waals surface area contributed by atoms with Crippen LogP contribution in [-0.2, 0) is 9.53 Å². The van der Waals surface area contributed by atoms with E-state index < -0.39 is 6.04 Å². The molecular weight excluding hydrogens is 269 g/mol. The van der Waals surface area contributed by atoms with Crippen molar-refractivity contribution in [2.24, 2.45) is 0 Å². The van der Waals surface area contributed by atoms with Gasteiger partial charge in [0.15, 0.2) is 0 Å². The summed E-state index contributed by atoms with van der Waals surface area (Å²) in [5.41, 5.74) is 1.57. The van der Waals surface area contributed by atoms with Crippen molar-refractivity contribution in [3.8, 4) is 0 Å². The molecule has 1 unspecified atom stereocenters. The van der Waals surface area contributed by atoms with Gasteiger partial charge < -0.3 is 4.74 Å². The molecule has 0 bridgehead atoms. The average Bonchev–Trinajstić information content (AvgIpc) is 2.73. The van der Waals surface area contributed by atoms with Crippen molar-refractivity contribution >= 4 is 5.97 Å². The molecule has 21 heavy (non-hydrogen) atoms. The number of ether oxygens (including phenoxy) is 1. The predicted molar refractivity (Wildman–Crippen MR) is 80.5 cm³/mol. The van der Waals surface area contributed by atoms with E-state index in [9.17, 15) is 9.18 Å². The van der Waals surface area contributed by atoms with Crippen molar-refractivity contribution < 1.29 is 13.9 Å². The number of nitrogens with one attached hydrogen (secondary N) is 1. The summed E-state index contributed by atoms with van der Waals surface area (Å²) in [6.45, 7) is 1.82. The van der Waals surface area contributed by atoms with Crippen LogP contribution in [0, 0.1) is 12.7 Å². The third kappa shape index (κ3) is 4.27. The summed E-state index contributed by atoms with van der Waals surface area (Å²) in [6.07, 6.45) is 7.05. The second-order valence-electron chi connectivity index (χ2n) is 5.81. The minimum Gasteiger partial charge on any atom is -0.468 e. The Labute approximate surface area is 125 Å². The molecule has 3 nitrogen and oxygen atoms in total. The Balaban J connectivity index is 2.19. The molecule has 0 saturated heterocycles. The van der Waals surface area contributed by atoms with Crippen LogP contribution in [0.25, 0.3) is 0 Å². The Morgan fingerprint density at radius 2 is 1.95 bits per heavy atom. The molecule has 0 heterocycles. The first-order valence-corrected chi connectivity index (χ1v) is 7.71. The van der Waals surface area contributed by atoms with Gasteiger partial charge in [-0.15, -0.1) is 0 Å². The Hall–Kier alpha value is -1.42. The van der Waals surface area contributed by atoms with E-state index in [1.54, 1.807) is 6.07 Å². The maximum atomic E-state index is 13.3. The van der Waals surface area contributed by atoms with E-state index in [0.29, 0.717) is 6.04 Å². The quantitative estimate of drug-likeness (QED) is 0.680. The Morgan fingerprint density at radius 1 is 1.29 bits per heavy atom. The van der Waals surface area contributed by atoms with Gasteiger partial charge in [0.25, 0.3) is 0 Å². The molecule has 1 N–H and O–H groups in total. The number of hydrogen-bond acceptors (Lipinski definition) is 3. The lowest BCUT2D eigenvalue weighted by atomic mass is 9.99.